The van der Waals surface area contributed by atoms with Crippen molar-refractivity contribution in [2.75, 3.05) is 5.32 Å². The Morgan fingerprint density at radius 3 is 2.67 bits per heavy atom. The number of halogens is 1. The molecular formula is C18H17BrN2. The van der Waals surface area contributed by atoms with Gasteiger partial charge in [-0.05, 0) is 43.7 Å². The SMILES string of the molecule is Cc1cc(NC(C)c2cccc(Br)c2)c2ccccc2n1. The monoisotopic (exact) mass is 340 g/mol. The molecule has 106 valence electrons. The van der Waals surface area contributed by atoms with E-state index in [1.165, 1.54) is 5.56 Å². The molecule has 0 saturated heterocycles. The summed E-state index contributed by atoms with van der Waals surface area (Å²) in [5.74, 6) is 0. The molecule has 3 heteroatoms. The number of hydrogen-bond donors (Lipinski definition) is 1. The highest BCUT2D eigenvalue weighted by Gasteiger charge is 2.09. The van der Waals surface area contributed by atoms with Gasteiger partial charge in [0.05, 0.1) is 5.52 Å². The van der Waals surface area contributed by atoms with E-state index in [1.807, 2.05) is 25.1 Å². The molecule has 2 aromatic carbocycles. The quantitative estimate of drug-likeness (QED) is 0.682. The summed E-state index contributed by atoms with van der Waals surface area (Å²) in [6.07, 6.45) is 0. The molecule has 1 heterocycles. The lowest BCUT2D eigenvalue weighted by molar-refractivity contribution is 0.885. The number of rotatable bonds is 3. The Labute approximate surface area is 133 Å². The molecule has 3 aromatic rings. The Morgan fingerprint density at radius 2 is 1.86 bits per heavy atom. The lowest BCUT2D eigenvalue weighted by Crippen LogP contribution is -2.07. The Balaban J connectivity index is 1.98. The smallest absolute Gasteiger partial charge is 0.0725 e. The van der Waals surface area contributed by atoms with Gasteiger partial charge in [-0.1, -0.05) is 46.3 Å². The molecule has 0 aliphatic heterocycles. The van der Waals surface area contributed by atoms with Gasteiger partial charge in [-0.15, -0.1) is 0 Å². The van der Waals surface area contributed by atoms with Crippen LogP contribution in [0.2, 0.25) is 0 Å². The van der Waals surface area contributed by atoms with Gasteiger partial charge < -0.3 is 5.32 Å². The number of pyridine rings is 1. The summed E-state index contributed by atoms with van der Waals surface area (Å²) in [6.45, 7) is 4.20. The minimum absolute atomic E-state index is 0.229. The zero-order chi connectivity index (χ0) is 14.8. The highest BCUT2D eigenvalue weighted by atomic mass is 79.9. The Morgan fingerprint density at radius 1 is 1.05 bits per heavy atom. The van der Waals surface area contributed by atoms with Gasteiger partial charge in [0.1, 0.15) is 0 Å². The summed E-state index contributed by atoms with van der Waals surface area (Å²) in [7, 11) is 0. The molecule has 0 amide bonds. The first kappa shape index (κ1) is 14.1. The second-order valence-corrected chi connectivity index (χ2v) is 6.17. The fourth-order valence-electron chi connectivity index (χ4n) is 2.52. The molecule has 0 aliphatic rings. The van der Waals surface area contributed by atoms with Gasteiger partial charge in [0.2, 0.25) is 0 Å². The molecule has 0 spiro atoms. The summed E-state index contributed by atoms with van der Waals surface area (Å²) >= 11 is 3.53. The Bertz CT molecular complexity index is 783. The third-order valence-electron chi connectivity index (χ3n) is 3.56. The molecule has 1 atom stereocenters. The normalized spacial score (nSPS) is 12.3. The average Bonchev–Trinajstić information content (AvgIpc) is 2.47. The van der Waals surface area contributed by atoms with E-state index in [0.717, 1.165) is 26.8 Å². The summed E-state index contributed by atoms with van der Waals surface area (Å²) in [5, 5.41) is 4.77. The van der Waals surface area contributed by atoms with Gasteiger partial charge in [-0.25, -0.2) is 0 Å². The van der Waals surface area contributed by atoms with Gasteiger partial charge in [0, 0.05) is 27.3 Å². The van der Waals surface area contributed by atoms with Crippen LogP contribution >= 0.6 is 15.9 Å². The number of fused-ring (bicyclic) bond motifs is 1. The molecule has 3 rings (SSSR count). The van der Waals surface area contributed by atoms with Crippen LogP contribution in [0.25, 0.3) is 10.9 Å². The Hall–Kier alpha value is -1.87. The van der Waals surface area contributed by atoms with Crippen LogP contribution in [0.4, 0.5) is 5.69 Å². The number of benzene rings is 2. The van der Waals surface area contributed by atoms with E-state index >= 15 is 0 Å². The van der Waals surface area contributed by atoms with E-state index in [1.54, 1.807) is 0 Å². The van der Waals surface area contributed by atoms with E-state index in [0.29, 0.717) is 0 Å². The van der Waals surface area contributed by atoms with Crippen LogP contribution in [0.3, 0.4) is 0 Å². The number of aromatic nitrogens is 1. The van der Waals surface area contributed by atoms with Crippen LogP contribution in [0, 0.1) is 6.92 Å². The topological polar surface area (TPSA) is 24.9 Å². The van der Waals surface area contributed by atoms with E-state index in [2.05, 4.69) is 69.6 Å². The summed E-state index contributed by atoms with van der Waals surface area (Å²) in [6, 6.07) is 19.0. The van der Waals surface area contributed by atoms with Crippen LogP contribution in [0.5, 0.6) is 0 Å². The third-order valence-corrected chi connectivity index (χ3v) is 4.06. The van der Waals surface area contributed by atoms with Gasteiger partial charge in [0.15, 0.2) is 0 Å². The second kappa shape index (κ2) is 5.86. The lowest BCUT2D eigenvalue weighted by atomic mass is 10.1. The van der Waals surface area contributed by atoms with Crippen LogP contribution in [0.15, 0.2) is 59.1 Å². The van der Waals surface area contributed by atoms with Gasteiger partial charge in [-0.3, -0.25) is 4.98 Å². The molecule has 0 fully saturated rings. The summed E-state index contributed by atoms with van der Waals surface area (Å²) in [4.78, 5) is 4.58. The molecule has 2 nitrogen and oxygen atoms in total. The van der Waals surface area contributed by atoms with Crippen LogP contribution in [-0.4, -0.2) is 4.98 Å². The molecule has 0 saturated carbocycles. The number of nitrogens with zero attached hydrogens (tertiary/aromatic N) is 1. The minimum Gasteiger partial charge on any atom is -0.378 e. The first-order valence-corrected chi connectivity index (χ1v) is 7.81. The largest absolute Gasteiger partial charge is 0.378 e. The number of para-hydroxylation sites is 1. The van der Waals surface area contributed by atoms with Crippen molar-refractivity contribution in [2.45, 2.75) is 19.9 Å². The zero-order valence-corrected chi connectivity index (χ0v) is 13.7. The highest BCUT2D eigenvalue weighted by Crippen LogP contribution is 2.27. The third kappa shape index (κ3) is 3.08. The summed E-state index contributed by atoms with van der Waals surface area (Å²) < 4.78 is 1.10. The van der Waals surface area contributed by atoms with Gasteiger partial charge in [0.25, 0.3) is 0 Å². The Kier molecular flexibility index (Phi) is 3.93. The first-order chi connectivity index (χ1) is 10.1. The molecule has 21 heavy (non-hydrogen) atoms. The van der Waals surface area contributed by atoms with E-state index in [9.17, 15) is 0 Å². The van der Waals surface area contributed by atoms with Gasteiger partial charge >= 0.3 is 0 Å². The standard InChI is InChI=1S/C18H17BrN2/c1-12-10-18(16-8-3-4-9-17(16)20-12)21-13(2)14-6-5-7-15(19)11-14/h3-11,13H,1-2H3,(H,20,21). The zero-order valence-electron chi connectivity index (χ0n) is 12.1. The predicted octanol–water partition coefficient (Wildman–Crippen LogP) is 5.48. The fraction of sp³-hybridized carbons (Fsp3) is 0.167. The molecule has 0 bridgehead atoms. The molecule has 0 radical (unpaired) electrons. The highest BCUT2D eigenvalue weighted by molar-refractivity contribution is 9.10. The number of hydrogen-bond acceptors (Lipinski definition) is 2. The van der Waals surface area contributed by atoms with Crippen molar-refractivity contribution in [3.63, 3.8) is 0 Å². The van der Waals surface area contributed by atoms with Crippen LogP contribution in [-0.2, 0) is 0 Å². The van der Waals surface area contributed by atoms with E-state index < -0.39 is 0 Å². The molecule has 1 unspecified atom stereocenters. The van der Waals surface area contributed by atoms with E-state index in [4.69, 9.17) is 0 Å². The average molecular weight is 341 g/mol. The molecule has 1 N–H and O–H groups in total. The predicted molar refractivity (Wildman–Crippen MR) is 92.7 cm³/mol. The number of anilines is 1. The van der Waals surface area contributed by atoms with Crippen molar-refractivity contribution in [1.82, 2.24) is 4.98 Å². The molecule has 0 aliphatic carbocycles. The van der Waals surface area contributed by atoms with Crippen molar-refractivity contribution in [3.8, 4) is 0 Å². The van der Waals surface area contributed by atoms with Crippen LogP contribution < -0.4 is 5.32 Å². The summed E-state index contributed by atoms with van der Waals surface area (Å²) in [5.41, 5.74) is 4.44. The first-order valence-electron chi connectivity index (χ1n) is 7.02. The number of nitrogens with one attached hydrogen (secondary N) is 1. The molecule has 1 aromatic heterocycles. The maximum absolute atomic E-state index is 4.58. The van der Waals surface area contributed by atoms with Gasteiger partial charge in [-0.2, -0.15) is 0 Å². The maximum atomic E-state index is 4.58. The minimum atomic E-state index is 0.229. The lowest BCUT2D eigenvalue weighted by Gasteiger charge is -2.18. The van der Waals surface area contributed by atoms with Crippen molar-refractivity contribution >= 4 is 32.5 Å². The van der Waals surface area contributed by atoms with Crippen molar-refractivity contribution in [1.29, 1.82) is 0 Å². The second-order valence-electron chi connectivity index (χ2n) is 5.25. The maximum Gasteiger partial charge on any atom is 0.0725 e. The van der Waals surface area contributed by atoms with Crippen molar-refractivity contribution in [2.24, 2.45) is 0 Å². The van der Waals surface area contributed by atoms with Crippen LogP contribution in [0.1, 0.15) is 24.2 Å². The number of aryl methyl sites for hydroxylation is 1. The van der Waals surface area contributed by atoms with E-state index in [-0.39, 0.29) is 6.04 Å². The van der Waals surface area contributed by atoms with Crippen molar-refractivity contribution in [3.05, 3.63) is 70.3 Å². The van der Waals surface area contributed by atoms with Crippen molar-refractivity contribution < 1.29 is 0 Å². The fourth-order valence-corrected chi connectivity index (χ4v) is 2.94. The molecular weight excluding hydrogens is 324 g/mol.